The molecule has 7 heteroatoms. The smallest absolute Gasteiger partial charge is 0.243 e. The summed E-state index contributed by atoms with van der Waals surface area (Å²) in [7, 11) is 0. The molecule has 1 aromatic heterocycles. The molecule has 132 valence electrons. The molecule has 0 aliphatic carbocycles. The Morgan fingerprint density at radius 2 is 1.92 bits per heavy atom. The number of benzene rings is 1. The molecule has 2 heterocycles. The van der Waals surface area contributed by atoms with Gasteiger partial charge in [-0.15, -0.1) is 0 Å². The van der Waals surface area contributed by atoms with Crippen molar-refractivity contribution < 1.29 is 8.91 Å². The lowest BCUT2D eigenvalue weighted by Gasteiger charge is -2.38. The van der Waals surface area contributed by atoms with E-state index in [2.05, 4.69) is 22.0 Å². The van der Waals surface area contributed by atoms with Crippen molar-refractivity contribution in [1.29, 1.82) is 5.26 Å². The average molecular weight is 343 g/mol. The predicted molar refractivity (Wildman–Crippen MR) is 91.7 cm³/mol. The molecule has 0 radical (unpaired) electrons. The van der Waals surface area contributed by atoms with E-state index < -0.39 is 0 Å². The fraction of sp³-hybridized carbons (Fsp3) is 0.500. The molecule has 1 atom stereocenters. The van der Waals surface area contributed by atoms with Crippen LogP contribution in [-0.4, -0.2) is 41.2 Å². The minimum Gasteiger partial charge on any atom is -0.367 e. The Morgan fingerprint density at radius 1 is 1.20 bits per heavy atom. The van der Waals surface area contributed by atoms with E-state index in [-0.39, 0.29) is 17.8 Å². The monoisotopic (exact) mass is 343 g/mol. The van der Waals surface area contributed by atoms with E-state index in [1.807, 2.05) is 24.8 Å². The van der Waals surface area contributed by atoms with Crippen molar-refractivity contribution in [3.8, 4) is 6.07 Å². The molecule has 1 aliphatic rings. The Kier molecular flexibility index (Phi) is 5.00. The van der Waals surface area contributed by atoms with E-state index in [1.165, 1.54) is 6.07 Å². The highest BCUT2D eigenvalue weighted by molar-refractivity contribution is 5.51. The molecule has 1 aliphatic heterocycles. The van der Waals surface area contributed by atoms with Gasteiger partial charge in [0.05, 0.1) is 23.4 Å². The first-order chi connectivity index (χ1) is 12.0. The lowest BCUT2D eigenvalue weighted by atomic mass is 10.1. The quantitative estimate of drug-likeness (QED) is 0.850. The number of anilines is 1. The summed E-state index contributed by atoms with van der Waals surface area (Å²) in [4.78, 5) is 8.74. The second-order valence-electron chi connectivity index (χ2n) is 6.62. The van der Waals surface area contributed by atoms with E-state index in [0.29, 0.717) is 30.2 Å². The number of halogens is 1. The summed E-state index contributed by atoms with van der Waals surface area (Å²) in [5.74, 6) is 1.24. The first-order valence-corrected chi connectivity index (χ1v) is 8.51. The van der Waals surface area contributed by atoms with Gasteiger partial charge in [0.25, 0.3) is 0 Å². The van der Waals surface area contributed by atoms with Gasteiger partial charge in [-0.05, 0) is 25.1 Å². The van der Waals surface area contributed by atoms with Gasteiger partial charge in [-0.25, -0.2) is 4.39 Å². The van der Waals surface area contributed by atoms with Crippen LogP contribution in [0.4, 0.5) is 10.1 Å². The molecule has 0 amide bonds. The molecule has 0 saturated carbocycles. The maximum Gasteiger partial charge on any atom is 0.243 e. The van der Waals surface area contributed by atoms with Crippen molar-refractivity contribution in [3.05, 3.63) is 41.3 Å². The first-order valence-electron chi connectivity index (χ1n) is 8.51. The van der Waals surface area contributed by atoms with Crippen LogP contribution in [0.5, 0.6) is 0 Å². The average Bonchev–Trinajstić information content (AvgIpc) is 3.11. The van der Waals surface area contributed by atoms with Crippen molar-refractivity contribution in [2.24, 2.45) is 0 Å². The highest BCUT2D eigenvalue weighted by Gasteiger charge is 2.27. The van der Waals surface area contributed by atoms with Gasteiger partial charge < -0.3 is 9.42 Å². The first kappa shape index (κ1) is 17.4. The summed E-state index contributed by atoms with van der Waals surface area (Å²) in [5.41, 5.74) is 0.886. The Balaban J connectivity index is 1.64. The molecule has 1 aromatic carbocycles. The van der Waals surface area contributed by atoms with Crippen molar-refractivity contribution >= 4 is 5.69 Å². The summed E-state index contributed by atoms with van der Waals surface area (Å²) >= 11 is 0. The van der Waals surface area contributed by atoms with Gasteiger partial charge in [-0.3, -0.25) is 4.90 Å². The molecule has 3 rings (SSSR count). The number of rotatable bonds is 4. The van der Waals surface area contributed by atoms with E-state index in [1.54, 1.807) is 12.1 Å². The highest BCUT2D eigenvalue weighted by Crippen LogP contribution is 2.25. The molecule has 0 bridgehead atoms. The zero-order valence-corrected chi connectivity index (χ0v) is 14.7. The largest absolute Gasteiger partial charge is 0.367 e. The summed E-state index contributed by atoms with van der Waals surface area (Å²) < 4.78 is 19.6. The van der Waals surface area contributed by atoms with Gasteiger partial charge in [0.2, 0.25) is 5.89 Å². The number of hydrogen-bond donors (Lipinski definition) is 0. The SMILES string of the molecule is CC(C)c1noc([C@@H](C)N2CCN(c3ccc(C#N)cc3F)CC2)n1. The van der Waals surface area contributed by atoms with Gasteiger partial charge in [0.1, 0.15) is 5.82 Å². The van der Waals surface area contributed by atoms with Crippen LogP contribution in [0.15, 0.2) is 22.7 Å². The van der Waals surface area contributed by atoms with Crippen LogP contribution in [0.25, 0.3) is 0 Å². The fourth-order valence-electron chi connectivity index (χ4n) is 2.99. The van der Waals surface area contributed by atoms with Crippen LogP contribution in [0.3, 0.4) is 0 Å². The topological polar surface area (TPSA) is 69.2 Å². The minimum atomic E-state index is -0.348. The number of aromatic nitrogens is 2. The normalized spacial score (nSPS) is 16.9. The van der Waals surface area contributed by atoms with Crippen LogP contribution in [0, 0.1) is 17.1 Å². The van der Waals surface area contributed by atoms with Crippen LogP contribution in [0.1, 0.15) is 50.0 Å². The minimum absolute atomic E-state index is 0.0351. The summed E-state index contributed by atoms with van der Waals surface area (Å²) in [6.45, 7) is 9.08. The van der Waals surface area contributed by atoms with Gasteiger partial charge in [0, 0.05) is 32.1 Å². The molecule has 25 heavy (non-hydrogen) atoms. The molecule has 2 aromatic rings. The van der Waals surface area contributed by atoms with Gasteiger partial charge in [0.15, 0.2) is 5.82 Å². The Morgan fingerprint density at radius 3 is 2.48 bits per heavy atom. The van der Waals surface area contributed by atoms with Crippen LogP contribution >= 0.6 is 0 Å². The summed E-state index contributed by atoms with van der Waals surface area (Å²) in [6, 6.07) is 6.61. The number of hydrogen-bond acceptors (Lipinski definition) is 6. The second-order valence-corrected chi connectivity index (χ2v) is 6.62. The van der Waals surface area contributed by atoms with E-state index in [4.69, 9.17) is 9.78 Å². The summed E-state index contributed by atoms with van der Waals surface area (Å²) in [6.07, 6.45) is 0. The zero-order valence-electron chi connectivity index (χ0n) is 14.7. The molecule has 6 nitrogen and oxygen atoms in total. The Labute approximate surface area is 146 Å². The van der Waals surface area contributed by atoms with Gasteiger partial charge >= 0.3 is 0 Å². The molecule has 1 fully saturated rings. The Hall–Kier alpha value is -2.46. The molecule has 0 spiro atoms. The van der Waals surface area contributed by atoms with Crippen molar-refractivity contribution in [3.63, 3.8) is 0 Å². The molecular formula is C18H22FN5O. The van der Waals surface area contributed by atoms with Crippen LogP contribution in [-0.2, 0) is 0 Å². The van der Waals surface area contributed by atoms with E-state index in [0.717, 1.165) is 18.9 Å². The van der Waals surface area contributed by atoms with Gasteiger partial charge in [-0.1, -0.05) is 19.0 Å². The lowest BCUT2D eigenvalue weighted by Crippen LogP contribution is -2.47. The maximum atomic E-state index is 14.2. The van der Waals surface area contributed by atoms with Crippen molar-refractivity contribution in [1.82, 2.24) is 15.0 Å². The zero-order chi connectivity index (χ0) is 18.0. The second kappa shape index (κ2) is 7.19. The van der Waals surface area contributed by atoms with Crippen LogP contribution in [0.2, 0.25) is 0 Å². The van der Waals surface area contributed by atoms with E-state index in [9.17, 15) is 4.39 Å². The molecule has 0 unspecified atom stereocenters. The predicted octanol–water partition coefficient (Wildman–Crippen LogP) is 3.09. The third-order valence-corrected chi connectivity index (χ3v) is 4.61. The Bertz CT molecular complexity index is 774. The highest BCUT2D eigenvalue weighted by atomic mass is 19.1. The number of nitrogens with zero attached hydrogens (tertiary/aromatic N) is 5. The number of nitriles is 1. The summed E-state index contributed by atoms with van der Waals surface area (Å²) in [5, 5.41) is 12.9. The lowest BCUT2D eigenvalue weighted by molar-refractivity contribution is 0.164. The molecule has 1 saturated heterocycles. The number of piperazine rings is 1. The molecule has 0 N–H and O–H groups in total. The van der Waals surface area contributed by atoms with E-state index >= 15 is 0 Å². The van der Waals surface area contributed by atoms with Crippen molar-refractivity contribution in [2.45, 2.75) is 32.7 Å². The molecular weight excluding hydrogens is 321 g/mol. The maximum absolute atomic E-state index is 14.2. The fourth-order valence-corrected chi connectivity index (χ4v) is 2.99. The standard InChI is InChI=1S/C18H22FN5O/c1-12(2)17-21-18(25-22-17)13(3)23-6-8-24(9-7-23)16-5-4-14(11-20)10-15(16)19/h4-5,10,12-13H,6-9H2,1-3H3/t13-/m1/s1. The van der Waals surface area contributed by atoms with Gasteiger partial charge in [-0.2, -0.15) is 10.2 Å². The van der Waals surface area contributed by atoms with Crippen LogP contribution < -0.4 is 4.90 Å². The third kappa shape index (κ3) is 3.64. The van der Waals surface area contributed by atoms with Crippen molar-refractivity contribution in [2.75, 3.05) is 31.1 Å². The third-order valence-electron chi connectivity index (χ3n) is 4.61.